The van der Waals surface area contributed by atoms with Gasteiger partial charge < -0.3 is 0 Å². The van der Waals surface area contributed by atoms with Gasteiger partial charge in [-0.3, -0.25) is 4.79 Å². The zero-order valence-electron chi connectivity index (χ0n) is 4.67. The normalized spacial score (nSPS) is 8.10. The SMILES string of the molecule is O=Cc1ccc(Cl)cc1.[SiH4]. The van der Waals surface area contributed by atoms with E-state index in [1.807, 2.05) is 0 Å². The number of halogens is 1. The van der Waals surface area contributed by atoms with Gasteiger partial charge in [0.2, 0.25) is 0 Å². The first kappa shape index (κ1) is 9.40. The summed E-state index contributed by atoms with van der Waals surface area (Å²) in [4.78, 5) is 10.1. The monoisotopic (exact) mass is 172 g/mol. The molecule has 0 bridgehead atoms. The van der Waals surface area contributed by atoms with Crippen molar-refractivity contribution < 1.29 is 4.79 Å². The van der Waals surface area contributed by atoms with Crippen LogP contribution in [0.2, 0.25) is 5.02 Å². The maximum Gasteiger partial charge on any atom is 0.150 e. The number of benzene rings is 1. The van der Waals surface area contributed by atoms with Crippen LogP contribution in [0.3, 0.4) is 0 Å². The Labute approximate surface area is 69.0 Å². The molecule has 0 heterocycles. The summed E-state index contributed by atoms with van der Waals surface area (Å²) in [5, 5.41) is 0.653. The van der Waals surface area contributed by atoms with E-state index in [1.165, 1.54) is 0 Å². The van der Waals surface area contributed by atoms with E-state index >= 15 is 0 Å². The molecule has 3 heteroatoms. The second-order valence-corrected chi connectivity index (χ2v) is 2.11. The minimum Gasteiger partial charge on any atom is -0.298 e. The van der Waals surface area contributed by atoms with Gasteiger partial charge in [-0.25, -0.2) is 0 Å². The van der Waals surface area contributed by atoms with Crippen molar-refractivity contribution in [2.24, 2.45) is 0 Å². The van der Waals surface area contributed by atoms with Crippen molar-refractivity contribution in [3.05, 3.63) is 34.9 Å². The van der Waals surface area contributed by atoms with Crippen LogP contribution in [0, 0.1) is 0 Å². The molecule has 0 saturated heterocycles. The largest absolute Gasteiger partial charge is 0.298 e. The highest BCUT2D eigenvalue weighted by Crippen LogP contribution is 2.07. The fourth-order valence-electron chi connectivity index (χ4n) is 0.541. The molecule has 0 radical (unpaired) electrons. The topological polar surface area (TPSA) is 17.1 Å². The first-order valence-electron chi connectivity index (χ1n) is 2.53. The average molecular weight is 173 g/mol. The second-order valence-electron chi connectivity index (χ2n) is 1.67. The molecular formula is C7H9ClOSi. The molecule has 0 spiro atoms. The molecule has 1 rings (SSSR count). The van der Waals surface area contributed by atoms with Gasteiger partial charge in [0.1, 0.15) is 6.29 Å². The zero-order chi connectivity index (χ0) is 6.69. The van der Waals surface area contributed by atoms with Gasteiger partial charge in [-0.15, -0.1) is 0 Å². The maximum atomic E-state index is 10.1. The summed E-state index contributed by atoms with van der Waals surface area (Å²) < 4.78 is 0. The molecule has 0 aromatic heterocycles. The fraction of sp³-hybridized carbons (Fsp3) is 0. The van der Waals surface area contributed by atoms with Crippen molar-refractivity contribution in [3.63, 3.8) is 0 Å². The van der Waals surface area contributed by atoms with E-state index in [0.29, 0.717) is 10.6 Å². The Bertz CT molecular complexity index is 207. The molecular weight excluding hydrogens is 164 g/mol. The highest BCUT2D eigenvalue weighted by molar-refractivity contribution is 6.30. The lowest BCUT2D eigenvalue weighted by molar-refractivity contribution is 0.112. The molecule has 0 unspecified atom stereocenters. The van der Waals surface area contributed by atoms with E-state index in [2.05, 4.69) is 0 Å². The van der Waals surface area contributed by atoms with Gasteiger partial charge in [-0.1, -0.05) is 23.7 Å². The van der Waals surface area contributed by atoms with Gasteiger partial charge >= 0.3 is 0 Å². The van der Waals surface area contributed by atoms with E-state index in [4.69, 9.17) is 11.6 Å². The van der Waals surface area contributed by atoms with Crippen LogP contribution < -0.4 is 0 Å². The molecule has 54 valence electrons. The van der Waals surface area contributed by atoms with E-state index in [9.17, 15) is 4.79 Å². The maximum absolute atomic E-state index is 10.1. The Balaban J connectivity index is 0.000000810. The summed E-state index contributed by atoms with van der Waals surface area (Å²) in [6, 6.07) is 6.72. The smallest absolute Gasteiger partial charge is 0.150 e. The standard InChI is InChI=1S/C7H5ClO.H4Si/c8-7-3-1-6(5-9)2-4-7;/h1-5H;1H4. The predicted molar refractivity (Wildman–Crippen MR) is 48.2 cm³/mol. The number of hydrogen-bond acceptors (Lipinski definition) is 1. The lowest BCUT2D eigenvalue weighted by Gasteiger charge is -1.87. The Morgan fingerprint density at radius 1 is 1.20 bits per heavy atom. The number of carbonyl (C=O) groups is 1. The summed E-state index contributed by atoms with van der Waals surface area (Å²) in [5.41, 5.74) is 0.652. The summed E-state index contributed by atoms with van der Waals surface area (Å²) in [7, 11) is 0. The molecule has 0 aliphatic rings. The van der Waals surface area contributed by atoms with Gasteiger partial charge in [0, 0.05) is 10.6 Å². The van der Waals surface area contributed by atoms with E-state index in [-0.39, 0.29) is 11.0 Å². The van der Waals surface area contributed by atoms with Crippen molar-refractivity contribution >= 4 is 28.9 Å². The third-order valence-corrected chi connectivity index (χ3v) is 1.26. The van der Waals surface area contributed by atoms with Crippen LogP contribution in [0.5, 0.6) is 0 Å². The summed E-state index contributed by atoms with van der Waals surface area (Å²) in [5.74, 6) is 0. The molecule has 0 fully saturated rings. The Kier molecular flexibility index (Phi) is 3.99. The molecule has 0 aliphatic carbocycles. The highest BCUT2D eigenvalue weighted by atomic mass is 35.5. The average Bonchev–Trinajstić information content (AvgIpc) is 1.90. The lowest BCUT2D eigenvalue weighted by atomic mass is 10.2. The van der Waals surface area contributed by atoms with E-state index < -0.39 is 0 Å². The molecule has 0 amide bonds. The van der Waals surface area contributed by atoms with E-state index in [1.54, 1.807) is 24.3 Å². The molecule has 0 N–H and O–H groups in total. The number of carbonyl (C=O) groups excluding carboxylic acids is 1. The van der Waals surface area contributed by atoms with Crippen LogP contribution in [0.1, 0.15) is 10.4 Å². The van der Waals surface area contributed by atoms with Gasteiger partial charge in [-0.05, 0) is 23.1 Å². The minimum atomic E-state index is 0. The Morgan fingerprint density at radius 2 is 1.70 bits per heavy atom. The first-order valence-corrected chi connectivity index (χ1v) is 2.91. The van der Waals surface area contributed by atoms with Crippen LogP contribution in [-0.4, -0.2) is 17.3 Å². The van der Waals surface area contributed by atoms with Crippen LogP contribution in [0.4, 0.5) is 0 Å². The summed E-state index contributed by atoms with van der Waals surface area (Å²) in [6.45, 7) is 0. The second kappa shape index (κ2) is 4.25. The van der Waals surface area contributed by atoms with Gasteiger partial charge in [0.05, 0.1) is 0 Å². The van der Waals surface area contributed by atoms with Crippen molar-refractivity contribution in [1.29, 1.82) is 0 Å². The first-order chi connectivity index (χ1) is 4.33. The molecule has 10 heavy (non-hydrogen) atoms. The van der Waals surface area contributed by atoms with Gasteiger partial charge in [0.15, 0.2) is 0 Å². The van der Waals surface area contributed by atoms with Gasteiger partial charge in [0.25, 0.3) is 0 Å². The third kappa shape index (κ3) is 2.33. The quantitative estimate of drug-likeness (QED) is 0.451. The summed E-state index contributed by atoms with van der Waals surface area (Å²) in [6.07, 6.45) is 0.788. The predicted octanol–water partition coefficient (Wildman–Crippen LogP) is 0.701. The number of aldehydes is 1. The molecule has 1 nitrogen and oxygen atoms in total. The van der Waals surface area contributed by atoms with Crippen molar-refractivity contribution in [2.45, 2.75) is 0 Å². The van der Waals surface area contributed by atoms with Crippen LogP contribution in [0.15, 0.2) is 24.3 Å². The summed E-state index contributed by atoms with van der Waals surface area (Å²) >= 11 is 5.55. The highest BCUT2D eigenvalue weighted by Gasteiger charge is 1.86. The van der Waals surface area contributed by atoms with Gasteiger partial charge in [-0.2, -0.15) is 0 Å². The molecule has 0 saturated carbocycles. The Hall–Kier alpha value is -0.603. The van der Waals surface area contributed by atoms with Crippen LogP contribution in [-0.2, 0) is 0 Å². The van der Waals surface area contributed by atoms with Crippen LogP contribution in [0.25, 0.3) is 0 Å². The third-order valence-electron chi connectivity index (χ3n) is 1.01. The molecule has 0 aliphatic heterocycles. The Morgan fingerprint density at radius 3 is 2.10 bits per heavy atom. The van der Waals surface area contributed by atoms with Crippen molar-refractivity contribution in [1.82, 2.24) is 0 Å². The zero-order valence-corrected chi connectivity index (χ0v) is 5.43. The van der Waals surface area contributed by atoms with Crippen LogP contribution >= 0.6 is 11.6 Å². The fourth-order valence-corrected chi connectivity index (χ4v) is 0.667. The molecule has 1 aromatic rings. The molecule has 0 atom stereocenters. The van der Waals surface area contributed by atoms with Crippen molar-refractivity contribution in [2.75, 3.05) is 0 Å². The van der Waals surface area contributed by atoms with E-state index in [0.717, 1.165) is 6.29 Å². The lowest BCUT2D eigenvalue weighted by Crippen LogP contribution is -1.74. The molecule has 1 aromatic carbocycles. The van der Waals surface area contributed by atoms with Crippen molar-refractivity contribution in [3.8, 4) is 0 Å². The number of rotatable bonds is 1. The number of hydrogen-bond donors (Lipinski definition) is 0. The minimum absolute atomic E-state index is 0.